The van der Waals surface area contributed by atoms with E-state index < -0.39 is 9.84 Å². The molecule has 3 aliphatic rings. The fraction of sp³-hybridized carbons (Fsp3) is 0.778. The molecule has 0 saturated carbocycles. The van der Waals surface area contributed by atoms with Crippen molar-refractivity contribution in [3.05, 3.63) is 11.5 Å². The lowest BCUT2D eigenvalue weighted by atomic mass is 9.77. The maximum atomic E-state index is 12.5. The van der Waals surface area contributed by atoms with Gasteiger partial charge in [0.15, 0.2) is 9.84 Å². The van der Waals surface area contributed by atoms with Crippen LogP contribution in [0.3, 0.4) is 0 Å². The Morgan fingerprint density at radius 1 is 1.32 bits per heavy atom. The molecule has 25 heavy (non-hydrogen) atoms. The number of hydrogen-bond acceptors (Lipinski definition) is 4. The normalized spacial score (nSPS) is 27.6. The molecule has 3 aliphatic heterocycles. The van der Waals surface area contributed by atoms with Gasteiger partial charge >= 0.3 is 0 Å². The summed E-state index contributed by atoms with van der Waals surface area (Å²) in [6.45, 7) is 7.21. The molecule has 2 fully saturated rings. The number of sulfone groups is 1. The molecular formula is C18H28N2O4S. The maximum absolute atomic E-state index is 12.5. The quantitative estimate of drug-likeness (QED) is 0.752. The van der Waals surface area contributed by atoms with Crippen LogP contribution < -0.4 is 0 Å². The number of amides is 2. The lowest BCUT2D eigenvalue weighted by Gasteiger charge is -2.39. The first-order chi connectivity index (χ1) is 11.7. The first kappa shape index (κ1) is 18.4. The molecule has 0 aromatic rings. The minimum absolute atomic E-state index is 0.0271. The largest absolute Gasteiger partial charge is 0.343 e. The minimum Gasteiger partial charge on any atom is -0.343 e. The Morgan fingerprint density at radius 2 is 2.00 bits per heavy atom. The topological polar surface area (TPSA) is 74.8 Å². The Hall–Kier alpha value is -1.37. The number of hydrogen-bond donors (Lipinski definition) is 0. The zero-order valence-corrected chi connectivity index (χ0v) is 15.9. The predicted molar refractivity (Wildman–Crippen MR) is 95.3 cm³/mol. The van der Waals surface area contributed by atoms with Crippen molar-refractivity contribution in [3.63, 3.8) is 0 Å². The monoisotopic (exact) mass is 368 g/mol. The average molecular weight is 368 g/mol. The average Bonchev–Trinajstić information content (AvgIpc) is 2.99. The smallest absolute Gasteiger partial charge is 0.223 e. The molecule has 0 bridgehead atoms. The summed E-state index contributed by atoms with van der Waals surface area (Å²) in [5.74, 6) is 0.606. The molecule has 0 unspecified atom stereocenters. The van der Waals surface area contributed by atoms with Gasteiger partial charge in [-0.05, 0) is 18.8 Å². The summed E-state index contributed by atoms with van der Waals surface area (Å²) in [6, 6.07) is 0. The van der Waals surface area contributed by atoms with Crippen LogP contribution in [-0.2, 0) is 19.4 Å². The maximum Gasteiger partial charge on any atom is 0.223 e. The van der Waals surface area contributed by atoms with Gasteiger partial charge in [-0.25, -0.2) is 8.42 Å². The van der Waals surface area contributed by atoms with Crippen LogP contribution in [0.15, 0.2) is 11.5 Å². The van der Waals surface area contributed by atoms with E-state index in [0.717, 1.165) is 25.9 Å². The third-order valence-electron chi connectivity index (χ3n) is 5.61. The second-order valence-electron chi connectivity index (χ2n) is 8.35. The van der Waals surface area contributed by atoms with Crippen molar-refractivity contribution in [3.8, 4) is 0 Å². The first-order valence-electron chi connectivity index (χ1n) is 9.15. The molecule has 0 aliphatic carbocycles. The fourth-order valence-electron chi connectivity index (χ4n) is 4.27. The number of rotatable bonds is 4. The molecule has 1 spiro atoms. The van der Waals surface area contributed by atoms with Crippen LogP contribution in [0.1, 0.15) is 39.5 Å². The Labute approximate surface area is 150 Å². The second-order valence-corrected chi connectivity index (χ2v) is 10.3. The van der Waals surface area contributed by atoms with Crippen molar-refractivity contribution in [2.75, 3.05) is 31.9 Å². The van der Waals surface area contributed by atoms with Crippen LogP contribution >= 0.6 is 0 Å². The zero-order valence-electron chi connectivity index (χ0n) is 15.1. The zero-order chi connectivity index (χ0) is 18.2. The first-order valence-corrected chi connectivity index (χ1v) is 10.9. The Balaban J connectivity index is 1.51. The van der Waals surface area contributed by atoms with E-state index >= 15 is 0 Å². The number of piperidine rings is 1. The van der Waals surface area contributed by atoms with Crippen LogP contribution in [0.5, 0.6) is 0 Å². The Bertz CT molecular complexity index is 675. The van der Waals surface area contributed by atoms with Crippen LogP contribution in [0.25, 0.3) is 0 Å². The molecule has 2 saturated heterocycles. The van der Waals surface area contributed by atoms with Gasteiger partial charge in [0, 0.05) is 55.8 Å². The molecule has 2 amide bonds. The van der Waals surface area contributed by atoms with E-state index in [0.29, 0.717) is 25.4 Å². The minimum atomic E-state index is -3.11. The van der Waals surface area contributed by atoms with Crippen molar-refractivity contribution >= 4 is 21.7 Å². The van der Waals surface area contributed by atoms with Gasteiger partial charge in [0.2, 0.25) is 11.8 Å². The molecule has 3 heterocycles. The molecule has 140 valence electrons. The van der Waals surface area contributed by atoms with Crippen molar-refractivity contribution in [1.29, 1.82) is 0 Å². The SMILES string of the molecule is CC(C)CN1CC2(CCN(C(=O)C[C@@H]3C=CS(=O)(=O)C3)CC2)CC1=O. The highest BCUT2D eigenvalue weighted by Crippen LogP contribution is 2.41. The fourth-order valence-corrected chi connectivity index (χ4v) is 5.67. The van der Waals surface area contributed by atoms with Crippen LogP contribution in [0.4, 0.5) is 0 Å². The van der Waals surface area contributed by atoms with Gasteiger partial charge in [-0.1, -0.05) is 19.9 Å². The molecule has 0 aromatic carbocycles. The third-order valence-corrected chi connectivity index (χ3v) is 7.07. The summed E-state index contributed by atoms with van der Waals surface area (Å²) in [6.07, 6.45) is 4.22. The van der Waals surface area contributed by atoms with E-state index in [-0.39, 0.29) is 35.3 Å². The number of nitrogens with zero attached hydrogens (tertiary/aromatic N) is 2. The summed E-state index contributed by atoms with van der Waals surface area (Å²) < 4.78 is 22.9. The summed E-state index contributed by atoms with van der Waals surface area (Å²) >= 11 is 0. The molecule has 3 rings (SSSR count). The van der Waals surface area contributed by atoms with Gasteiger partial charge in [0.25, 0.3) is 0 Å². The van der Waals surface area contributed by atoms with E-state index in [9.17, 15) is 18.0 Å². The van der Waals surface area contributed by atoms with E-state index in [1.807, 2.05) is 9.80 Å². The lowest BCUT2D eigenvalue weighted by Crippen LogP contribution is -2.44. The molecule has 7 heteroatoms. The van der Waals surface area contributed by atoms with E-state index in [4.69, 9.17) is 0 Å². The van der Waals surface area contributed by atoms with Gasteiger partial charge in [-0.2, -0.15) is 0 Å². The summed E-state index contributed by atoms with van der Waals surface area (Å²) in [5.41, 5.74) is 0.0271. The number of carbonyl (C=O) groups is 2. The van der Waals surface area contributed by atoms with Crippen LogP contribution in [-0.4, -0.2) is 62.0 Å². The molecule has 0 aromatic heterocycles. The van der Waals surface area contributed by atoms with E-state index in [1.165, 1.54) is 5.41 Å². The standard InChI is InChI=1S/C18H28N2O4S/c1-14(2)11-20-13-18(10-17(20)22)4-6-19(7-5-18)16(21)9-15-3-8-25(23,24)12-15/h3,8,14-15H,4-7,9-13H2,1-2H3/t15-/m0/s1. The highest BCUT2D eigenvalue weighted by atomic mass is 32.2. The van der Waals surface area contributed by atoms with Gasteiger partial charge in [-0.15, -0.1) is 0 Å². The second kappa shape index (κ2) is 6.74. The van der Waals surface area contributed by atoms with Gasteiger partial charge in [0.05, 0.1) is 5.75 Å². The molecule has 6 nitrogen and oxygen atoms in total. The van der Waals surface area contributed by atoms with Crippen LogP contribution in [0.2, 0.25) is 0 Å². The Morgan fingerprint density at radius 3 is 2.56 bits per heavy atom. The van der Waals surface area contributed by atoms with Gasteiger partial charge in [0.1, 0.15) is 0 Å². The number of carbonyl (C=O) groups excluding carboxylic acids is 2. The van der Waals surface area contributed by atoms with Gasteiger partial charge in [-0.3, -0.25) is 9.59 Å². The Kier molecular flexibility index (Phi) is 4.97. The molecular weight excluding hydrogens is 340 g/mol. The predicted octanol–water partition coefficient (Wildman–Crippen LogP) is 1.43. The molecule has 0 N–H and O–H groups in total. The van der Waals surface area contributed by atoms with E-state index in [2.05, 4.69) is 13.8 Å². The van der Waals surface area contributed by atoms with Crippen molar-refractivity contribution in [2.45, 2.75) is 39.5 Å². The number of likely N-dealkylation sites (tertiary alicyclic amines) is 2. The summed E-state index contributed by atoms with van der Waals surface area (Å²) in [7, 11) is -3.11. The van der Waals surface area contributed by atoms with Crippen molar-refractivity contribution in [1.82, 2.24) is 9.80 Å². The summed E-state index contributed by atoms with van der Waals surface area (Å²) in [5, 5.41) is 1.23. The van der Waals surface area contributed by atoms with E-state index in [1.54, 1.807) is 6.08 Å². The molecule has 1 atom stereocenters. The van der Waals surface area contributed by atoms with Gasteiger partial charge < -0.3 is 9.80 Å². The highest BCUT2D eigenvalue weighted by molar-refractivity contribution is 7.94. The third kappa shape index (κ3) is 4.25. The molecule has 0 radical (unpaired) electrons. The lowest BCUT2D eigenvalue weighted by molar-refractivity contribution is -0.134. The van der Waals surface area contributed by atoms with Crippen LogP contribution in [0, 0.1) is 17.3 Å². The highest BCUT2D eigenvalue weighted by Gasteiger charge is 2.45. The van der Waals surface area contributed by atoms with Crippen molar-refractivity contribution < 1.29 is 18.0 Å². The number of allylic oxidation sites excluding steroid dienone is 1. The van der Waals surface area contributed by atoms with Crippen molar-refractivity contribution in [2.24, 2.45) is 17.3 Å². The summed E-state index contributed by atoms with van der Waals surface area (Å²) in [4.78, 5) is 28.6.